The number of carbonyl (C=O) groups excluding carboxylic acids is 1. The fourth-order valence-electron chi connectivity index (χ4n) is 3.95. The van der Waals surface area contributed by atoms with Gasteiger partial charge in [-0.05, 0) is 23.6 Å². The van der Waals surface area contributed by atoms with Gasteiger partial charge in [-0.2, -0.15) is 0 Å². The molecule has 1 unspecified atom stereocenters. The number of nitrogens with one attached hydrogen (secondary N) is 1. The van der Waals surface area contributed by atoms with Crippen LogP contribution < -0.4 is 5.32 Å². The summed E-state index contributed by atoms with van der Waals surface area (Å²) in [4.78, 5) is 15.1. The normalized spacial score (nSPS) is 26.1. The molecule has 2 aromatic carbocycles. The van der Waals surface area contributed by atoms with Gasteiger partial charge < -0.3 is 15.0 Å². The Bertz CT molecular complexity index is 747. The van der Waals surface area contributed by atoms with Gasteiger partial charge in [-0.1, -0.05) is 54.6 Å². The van der Waals surface area contributed by atoms with E-state index in [1.807, 2.05) is 17.9 Å². The van der Waals surface area contributed by atoms with Gasteiger partial charge in [-0.3, -0.25) is 4.79 Å². The highest BCUT2D eigenvalue weighted by Gasteiger charge is 2.35. The van der Waals surface area contributed by atoms with Gasteiger partial charge in [-0.15, -0.1) is 0 Å². The lowest BCUT2D eigenvalue weighted by atomic mass is 9.84. The van der Waals surface area contributed by atoms with Gasteiger partial charge in [0.2, 0.25) is 5.91 Å². The number of ether oxygens (including phenoxy) is 1. The predicted octanol–water partition coefficient (Wildman–Crippen LogP) is 2.54. The van der Waals surface area contributed by atoms with Gasteiger partial charge in [-0.25, -0.2) is 0 Å². The minimum Gasteiger partial charge on any atom is -0.375 e. The van der Waals surface area contributed by atoms with E-state index in [9.17, 15) is 4.79 Å². The quantitative estimate of drug-likeness (QED) is 0.916. The summed E-state index contributed by atoms with van der Waals surface area (Å²) in [5.74, 6) is 0.359. The molecule has 0 bridgehead atoms. The zero-order valence-electron chi connectivity index (χ0n) is 14.5. The van der Waals surface area contributed by atoms with E-state index in [-0.39, 0.29) is 24.0 Å². The van der Waals surface area contributed by atoms with Crippen LogP contribution in [0.15, 0.2) is 54.6 Å². The van der Waals surface area contributed by atoms with Gasteiger partial charge in [0.1, 0.15) is 6.04 Å². The molecular weight excluding hydrogens is 312 g/mol. The predicted molar refractivity (Wildman–Crippen MR) is 97.3 cm³/mol. The van der Waals surface area contributed by atoms with Crippen molar-refractivity contribution in [1.29, 1.82) is 0 Å². The molecule has 4 nitrogen and oxygen atoms in total. The van der Waals surface area contributed by atoms with E-state index in [4.69, 9.17) is 4.74 Å². The van der Waals surface area contributed by atoms with E-state index in [1.54, 1.807) is 0 Å². The van der Waals surface area contributed by atoms with Gasteiger partial charge in [0.25, 0.3) is 0 Å². The van der Waals surface area contributed by atoms with Crippen molar-refractivity contribution in [2.45, 2.75) is 31.5 Å². The second-order valence-electron chi connectivity index (χ2n) is 6.89. The topological polar surface area (TPSA) is 41.6 Å². The zero-order valence-corrected chi connectivity index (χ0v) is 14.5. The maximum absolute atomic E-state index is 13.1. The molecule has 2 aliphatic heterocycles. The Hall–Kier alpha value is -2.17. The monoisotopic (exact) mass is 336 g/mol. The van der Waals surface area contributed by atoms with Crippen molar-refractivity contribution < 1.29 is 9.53 Å². The highest BCUT2D eigenvalue weighted by molar-refractivity contribution is 5.83. The standard InChI is InChI=1S/C21H24N2O2/c1-15-20(22-11-12-25-15)21(24)23-13-17-9-5-6-10-18(17)19(14-23)16-7-3-2-4-8-16/h2-10,15,19-20,22H,11-14H2,1H3/t15-,19?,20+/m1/s1. The van der Waals surface area contributed by atoms with Gasteiger partial charge in [0.15, 0.2) is 0 Å². The van der Waals surface area contributed by atoms with E-state index in [0.717, 1.165) is 6.54 Å². The summed E-state index contributed by atoms with van der Waals surface area (Å²) >= 11 is 0. The van der Waals surface area contributed by atoms with Crippen LogP contribution in [0.5, 0.6) is 0 Å². The van der Waals surface area contributed by atoms with Crippen LogP contribution in [0.4, 0.5) is 0 Å². The molecule has 0 saturated carbocycles. The second kappa shape index (κ2) is 6.98. The summed E-state index contributed by atoms with van der Waals surface area (Å²) < 4.78 is 5.67. The van der Waals surface area contributed by atoms with E-state index < -0.39 is 0 Å². The first-order valence-corrected chi connectivity index (χ1v) is 9.00. The molecule has 3 atom stereocenters. The largest absolute Gasteiger partial charge is 0.375 e. The van der Waals surface area contributed by atoms with E-state index in [0.29, 0.717) is 19.7 Å². The average molecular weight is 336 g/mol. The molecule has 1 fully saturated rings. The van der Waals surface area contributed by atoms with Crippen molar-refractivity contribution >= 4 is 5.91 Å². The molecule has 130 valence electrons. The summed E-state index contributed by atoms with van der Waals surface area (Å²) in [5.41, 5.74) is 3.83. The van der Waals surface area contributed by atoms with Crippen molar-refractivity contribution in [3.63, 3.8) is 0 Å². The zero-order chi connectivity index (χ0) is 17.2. The fourth-order valence-corrected chi connectivity index (χ4v) is 3.95. The summed E-state index contributed by atoms with van der Waals surface area (Å²) in [6.45, 7) is 4.75. The molecule has 1 N–H and O–H groups in total. The Kier molecular flexibility index (Phi) is 4.55. The first kappa shape index (κ1) is 16.3. The van der Waals surface area contributed by atoms with Gasteiger partial charge in [0.05, 0.1) is 12.7 Å². The third-order valence-electron chi connectivity index (χ3n) is 5.29. The van der Waals surface area contributed by atoms with Crippen molar-refractivity contribution in [2.24, 2.45) is 0 Å². The highest BCUT2D eigenvalue weighted by Crippen LogP contribution is 2.33. The number of rotatable bonds is 2. The molecule has 0 radical (unpaired) electrons. The van der Waals surface area contributed by atoms with Crippen LogP contribution >= 0.6 is 0 Å². The number of hydrogen-bond acceptors (Lipinski definition) is 3. The number of morpholine rings is 1. The first-order valence-electron chi connectivity index (χ1n) is 9.00. The van der Waals surface area contributed by atoms with E-state index in [1.165, 1.54) is 16.7 Å². The lowest BCUT2D eigenvalue weighted by Gasteiger charge is -2.39. The SMILES string of the molecule is C[C@H]1OCCN[C@@H]1C(=O)N1Cc2ccccc2C(c2ccccc2)C1. The number of amides is 1. The minimum atomic E-state index is -0.254. The minimum absolute atomic E-state index is 0.0893. The molecule has 1 amide bonds. The molecule has 0 aromatic heterocycles. The van der Waals surface area contributed by atoms with Crippen LogP contribution in [0.3, 0.4) is 0 Å². The number of fused-ring (bicyclic) bond motifs is 1. The lowest BCUT2D eigenvalue weighted by Crippen LogP contribution is -2.57. The van der Waals surface area contributed by atoms with Crippen LogP contribution in [-0.2, 0) is 16.1 Å². The number of benzene rings is 2. The van der Waals surface area contributed by atoms with Crippen LogP contribution in [0.2, 0.25) is 0 Å². The third-order valence-corrected chi connectivity index (χ3v) is 5.29. The Morgan fingerprint density at radius 3 is 2.68 bits per heavy atom. The van der Waals surface area contributed by atoms with Crippen LogP contribution in [0.1, 0.15) is 29.5 Å². The molecule has 4 heteroatoms. The maximum Gasteiger partial charge on any atom is 0.242 e. The van der Waals surface area contributed by atoms with Crippen molar-refractivity contribution in [2.75, 3.05) is 19.7 Å². The van der Waals surface area contributed by atoms with E-state index in [2.05, 4.69) is 53.8 Å². The fraction of sp³-hybridized carbons (Fsp3) is 0.381. The molecule has 1 saturated heterocycles. The number of nitrogens with zero attached hydrogens (tertiary/aromatic N) is 1. The Morgan fingerprint density at radius 1 is 1.12 bits per heavy atom. The van der Waals surface area contributed by atoms with Gasteiger partial charge in [0, 0.05) is 25.6 Å². The molecule has 25 heavy (non-hydrogen) atoms. The van der Waals surface area contributed by atoms with Crippen molar-refractivity contribution in [3.8, 4) is 0 Å². The molecule has 2 aliphatic rings. The molecule has 2 aromatic rings. The second-order valence-corrected chi connectivity index (χ2v) is 6.89. The Balaban J connectivity index is 1.64. The first-order chi connectivity index (χ1) is 12.2. The molecule has 2 heterocycles. The summed E-state index contributed by atoms with van der Waals surface area (Å²) in [6.07, 6.45) is -0.0893. The number of hydrogen-bond donors (Lipinski definition) is 1. The van der Waals surface area contributed by atoms with Crippen molar-refractivity contribution in [3.05, 3.63) is 71.3 Å². The molecule has 4 rings (SSSR count). The average Bonchev–Trinajstić information content (AvgIpc) is 2.67. The Morgan fingerprint density at radius 2 is 1.88 bits per heavy atom. The van der Waals surface area contributed by atoms with Gasteiger partial charge >= 0.3 is 0 Å². The van der Waals surface area contributed by atoms with Crippen LogP contribution in [0.25, 0.3) is 0 Å². The molecule has 0 aliphatic carbocycles. The summed E-state index contributed by atoms with van der Waals surface area (Å²) in [5, 5.41) is 3.33. The van der Waals surface area contributed by atoms with E-state index >= 15 is 0 Å². The highest BCUT2D eigenvalue weighted by atomic mass is 16.5. The molecular formula is C21H24N2O2. The summed E-state index contributed by atoms with van der Waals surface area (Å²) in [6, 6.07) is 18.7. The van der Waals surface area contributed by atoms with Crippen LogP contribution in [-0.4, -0.2) is 42.6 Å². The third kappa shape index (κ3) is 3.20. The van der Waals surface area contributed by atoms with Crippen molar-refractivity contribution in [1.82, 2.24) is 10.2 Å². The maximum atomic E-state index is 13.1. The lowest BCUT2D eigenvalue weighted by molar-refractivity contribution is -0.140. The molecule has 0 spiro atoms. The number of carbonyl (C=O) groups is 1. The van der Waals surface area contributed by atoms with Crippen LogP contribution in [0, 0.1) is 0 Å². The Labute approximate surface area is 148 Å². The smallest absolute Gasteiger partial charge is 0.242 e. The summed E-state index contributed by atoms with van der Waals surface area (Å²) in [7, 11) is 0.